The molecule has 0 spiro atoms. The maximum Gasteiger partial charge on any atom is 0.324 e. The van der Waals surface area contributed by atoms with E-state index in [1.54, 1.807) is 24.0 Å². The van der Waals surface area contributed by atoms with Gasteiger partial charge in [-0.2, -0.15) is 5.10 Å². The van der Waals surface area contributed by atoms with Crippen molar-refractivity contribution in [3.63, 3.8) is 0 Å². The van der Waals surface area contributed by atoms with Gasteiger partial charge in [-0.25, -0.2) is 4.79 Å². The lowest BCUT2D eigenvalue weighted by molar-refractivity contribution is 0.262. The normalized spacial score (nSPS) is 10.3. The van der Waals surface area contributed by atoms with E-state index in [1.165, 1.54) is 0 Å². The van der Waals surface area contributed by atoms with Crippen molar-refractivity contribution in [3.05, 3.63) is 39.5 Å². The summed E-state index contributed by atoms with van der Waals surface area (Å²) in [4.78, 5) is 11.9. The second kappa shape index (κ2) is 5.63. The molecule has 0 atom stereocenters. The molecular formula is C12H12BrClN4O. The zero-order valence-corrected chi connectivity index (χ0v) is 12.7. The molecule has 7 heteroatoms. The Morgan fingerprint density at radius 1 is 1.42 bits per heavy atom. The predicted octanol–water partition coefficient (Wildman–Crippen LogP) is 3.79. The van der Waals surface area contributed by atoms with Crippen LogP contribution in [0.3, 0.4) is 0 Å². The van der Waals surface area contributed by atoms with Crippen LogP contribution in [0.25, 0.3) is 0 Å². The van der Waals surface area contributed by atoms with Gasteiger partial charge < -0.3 is 5.32 Å². The van der Waals surface area contributed by atoms with Gasteiger partial charge in [-0.05, 0) is 34.5 Å². The van der Waals surface area contributed by atoms with Gasteiger partial charge in [0, 0.05) is 7.05 Å². The Morgan fingerprint density at radius 2 is 2.16 bits per heavy atom. The van der Waals surface area contributed by atoms with E-state index < -0.39 is 0 Å². The molecule has 2 aromatic rings. The average Bonchev–Trinajstić information content (AvgIpc) is 2.66. The molecular weight excluding hydrogens is 332 g/mol. The number of aryl methyl sites for hydroxylation is 2. The Labute approximate surface area is 124 Å². The summed E-state index contributed by atoms with van der Waals surface area (Å²) in [5, 5.41) is 9.95. The maximum atomic E-state index is 11.9. The molecule has 0 bridgehead atoms. The molecule has 2 N–H and O–H groups in total. The number of aromatic nitrogens is 2. The van der Waals surface area contributed by atoms with E-state index in [2.05, 4.69) is 31.7 Å². The molecule has 0 aliphatic heterocycles. The van der Waals surface area contributed by atoms with Crippen LogP contribution in [-0.4, -0.2) is 15.8 Å². The number of carbonyl (C=O) groups is 1. The van der Waals surface area contributed by atoms with Gasteiger partial charge >= 0.3 is 6.03 Å². The maximum absolute atomic E-state index is 11.9. The topological polar surface area (TPSA) is 59.0 Å². The summed E-state index contributed by atoms with van der Waals surface area (Å²) in [5.74, 6) is 0.571. The molecule has 1 aromatic heterocycles. The first-order valence-corrected chi connectivity index (χ1v) is 6.66. The first-order valence-electron chi connectivity index (χ1n) is 5.49. The van der Waals surface area contributed by atoms with Crippen LogP contribution in [0.4, 0.5) is 16.3 Å². The van der Waals surface area contributed by atoms with Gasteiger partial charge in [0.1, 0.15) is 5.82 Å². The zero-order chi connectivity index (χ0) is 14.0. The summed E-state index contributed by atoms with van der Waals surface area (Å²) in [6, 6.07) is 5.06. The van der Waals surface area contributed by atoms with E-state index in [0.29, 0.717) is 21.0 Å². The van der Waals surface area contributed by atoms with E-state index in [-0.39, 0.29) is 6.03 Å². The van der Waals surface area contributed by atoms with Crippen LogP contribution in [0.5, 0.6) is 0 Å². The number of urea groups is 1. The highest BCUT2D eigenvalue weighted by Gasteiger charge is 2.12. The standard InChI is InChI=1S/C12H12BrClN4O/c1-7-4-3-5-9(14)10(7)16-12(19)17-11-8(13)6-15-18(11)2/h3-6H,1-2H3,(H2,16,17,19). The van der Waals surface area contributed by atoms with Crippen molar-refractivity contribution < 1.29 is 4.79 Å². The Balaban J connectivity index is 2.14. The van der Waals surface area contributed by atoms with E-state index in [4.69, 9.17) is 11.6 Å². The molecule has 0 aliphatic rings. The van der Waals surface area contributed by atoms with Crippen LogP contribution in [0.2, 0.25) is 5.02 Å². The number of rotatable bonds is 2. The summed E-state index contributed by atoms with van der Waals surface area (Å²) in [6.45, 7) is 1.88. The van der Waals surface area contributed by atoms with Gasteiger partial charge in [0.2, 0.25) is 0 Å². The van der Waals surface area contributed by atoms with Gasteiger partial charge in [-0.3, -0.25) is 10.00 Å². The van der Waals surface area contributed by atoms with E-state index >= 15 is 0 Å². The molecule has 2 rings (SSSR count). The van der Waals surface area contributed by atoms with Gasteiger partial charge in [0.05, 0.1) is 21.4 Å². The van der Waals surface area contributed by atoms with Crippen LogP contribution >= 0.6 is 27.5 Å². The van der Waals surface area contributed by atoms with Crippen molar-refractivity contribution in [1.29, 1.82) is 0 Å². The minimum Gasteiger partial charge on any atom is -0.306 e. The third kappa shape index (κ3) is 3.08. The first kappa shape index (κ1) is 13.9. The largest absolute Gasteiger partial charge is 0.324 e. The summed E-state index contributed by atoms with van der Waals surface area (Å²) in [5.41, 5.74) is 1.49. The molecule has 0 aliphatic carbocycles. The van der Waals surface area contributed by atoms with Crippen LogP contribution in [0.15, 0.2) is 28.9 Å². The fourth-order valence-corrected chi connectivity index (χ4v) is 2.31. The number of carbonyl (C=O) groups excluding carboxylic acids is 1. The Kier molecular flexibility index (Phi) is 4.11. The Morgan fingerprint density at radius 3 is 2.74 bits per heavy atom. The fraction of sp³-hybridized carbons (Fsp3) is 0.167. The third-order valence-electron chi connectivity index (χ3n) is 2.59. The van der Waals surface area contributed by atoms with Crippen LogP contribution in [-0.2, 0) is 7.05 Å². The number of benzene rings is 1. The zero-order valence-electron chi connectivity index (χ0n) is 10.4. The van der Waals surface area contributed by atoms with Crippen molar-refractivity contribution in [2.24, 2.45) is 7.05 Å². The van der Waals surface area contributed by atoms with E-state index in [0.717, 1.165) is 5.56 Å². The van der Waals surface area contributed by atoms with Gasteiger partial charge in [0.15, 0.2) is 0 Å². The highest BCUT2D eigenvalue weighted by molar-refractivity contribution is 9.10. The lowest BCUT2D eigenvalue weighted by Crippen LogP contribution is -2.22. The Hall–Kier alpha value is -1.53. The number of halogens is 2. The van der Waals surface area contributed by atoms with Crippen molar-refractivity contribution in [1.82, 2.24) is 9.78 Å². The van der Waals surface area contributed by atoms with Crippen molar-refractivity contribution in [2.45, 2.75) is 6.92 Å². The Bertz CT molecular complexity index is 586. The summed E-state index contributed by atoms with van der Waals surface area (Å²) in [6.07, 6.45) is 1.61. The van der Waals surface area contributed by atoms with Crippen molar-refractivity contribution >= 4 is 45.1 Å². The number of para-hydroxylation sites is 1. The first-order chi connectivity index (χ1) is 8.99. The highest BCUT2D eigenvalue weighted by atomic mass is 79.9. The second-order valence-corrected chi connectivity index (χ2v) is 5.24. The van der Waals surface area contributed by atoms with Crippen molar-refractivity contribution in [2.75, 3.05) is 10.6 Å². The second-order valence-electron chi connectivity index (χ2n) is 3.98. The molecule has 2 amide bonds. The summed E-state index contributed by atoms with van der Waals surface area (Å²) in [7, 11) is 1.74. The molecule has 0 unspecified atom stereocenters. The smallest absolute Gasteiger partial charge is 0.306 e. The SMILES string of the molecule is Cc1cccc(Cl)c1NC(=O)Nc1c(Br)cnn1C. The third-order valence-corrected chi connectivity index (χ3v) is 3.48. The molecule has 100 valence electrons. The van der Waals surface area contributed by atoms with Crippen LogP contribution in [0, 0.1) is 6.92 Å². The van der Waals surface area contributed by atoms with Gasteiger partial charge in [-0.15, -0.1) is 0 Å². The molecule has 5 nitrogen and oxygen atoms in total. The number of anilines is 2. The minimum atomic E-state index is -0.375. The van der Waals surface area contributed by atoms with E-state index in [9.17, 15) is 4.79 Å². The number of nitrogens with zero attached hydrogens (tertiary/aromatic N) is 2. The predicted molar refractivity (Wildman–Crippen MR) is 79.7 cm³/mol. The van der Waals surface area contributed by atoms with E-state index in [1.807, 2.05) is 19.1 Å². The number of hydrogen-bond acceptors (Lipinski definition) is 2. The molecule has 19 heavy (non-hydrogen) atoms. The molecule has 0 saturated carbocycles. The number of nitrogens with one attached hydrogen (secondary N) is 2. The molecule has 1 aromatic carbocycles. The highest BCUT2D eigenvalue weighted by Crippen LogP contribution is 2.26. The van der Waals surface area contributed by atoms with Gasteiger partial charge in [0.25, 0.3) is 0 Å². The average molecular weight is 344 g/mol. The van der Waals surface area contributed by atoms with Crippen LogP contribution < -0.4 is 10.6 Å². The minimum absolute atomic E-state index is 0.375. The molecule has 0 fully saturated rings. The monoisotopic (exact) mass is 342 g/mol. The fourth-order valence-electron chi connectivity index (χ4n) is 1.59. The molecule has 0 radical (unpaired) electrons. The number of hydrogen-bond donors (Lipinski definition) is 2. The lowest BCUT2D eigenvalue weighted by atomic mass is 10.2. The quantitative estimate of drug-likeness (QED) is 0.871. The molecule has 1 heterocycles. The van der Waals surface area contributed by atoms with Crippen molar-refractivity contribution in [3.8, 4) is 0 Å². The summed E-state index contributed by atoms with van der Waals surface area (Å²) >= 11 is 9.36. The molecule has 0 saturated heterocycles. The number of amides is 2. The van der Waals surface area contributed by atoms with Gasteiger partial charge in [-0.1, -0.05) is 23.7 Å². The van der Waals surface area contributed by atoms with Crippen LogP contribution in [0.1, 0.15) is 5.56 Å². The lowest BCUT2D eigenvalue weighted by Gasteiger charge is -2.11. The summed E-state index contributed by atoms with van der Waals surface area (Å²) < 4.78 is 2.27.